The van der Waals surface area contributed by atoms with Crippen molar-refractivity contribution in [1.29, 1.82) is 0 Å². The summed E-state index contributed by atoms with van der Waals surface area (Å²) in [5.41, 5.74) is 1.91. The minimum absolute atomic E-state index is 0.0889. The van der Waals surface area contributed by atoms with Crippen LogP contribution in [0.4, 0.5) is 18.0 Å². The van der Waals surface area contributed by atoms with Gasteiger partial charge in [-0.1, -0.05) is 0 Å². The van der Waals surface area contributed by atoms with E-state index in [0.717, 1.165) is 11.8 Å². The van der Waals surface area contributed by atoms with Crippen LogP contribution in [0.25, 0.3) is 16.9 Å². The summed E-state index contributed by atoms with van der Waals surface area (Å²) in [6.07, 6.45) is 0.865. The second-order valence-electron chi connectivity index (χ2n) is 7.63. The quantitative estimate of drug-likeness (QED) is 0.486. The third-order valence-corrected chi connectivity index (χ3v) is 5.16. The number of hydrogen-bond acceptors (Lipinski definition) is 7. The second kappa shape index (κ2) is 10.6. The van der Waals surface area contributed by atoms with Crippen molar-refractivity contribution >= 4 is 17.5 Å². The Morgan fingerprint density at radius 3 is 2.57 bits per heavy atom. The Morgan fingerprint density at radius 2 is 1.97 bits per heavy atom. The topological polar surface area (TPSA) is 111 Å². The number of aromatic nitrogens is 4. The smallest absolute Gasteiger partial charge is 0.409 e. The monoisotopic (exact) mass is 494 g/mol. The molecular weight excluding hydrogens is 469 g/mol. The van der Waals surface area contributed by atoms with Crippen molar-refractivity contribution in [3.05, 3.63) is 36.5 Å². The molecule has 0 aliphatic heterocycles. The molecule has 13 heteroatoms. The lowest BCUT2D eigenvalue weighted by Gasteiger charge is -2.26. The van der Waals surface area contributed by atoms with Crippen LogP contribution in [0.2, 0.25) is 0 Å². The van der Waals surface area contributed by atoms with Crippen molar-refractivity contribution in [3.63, 3.8) is 0 Å². The minimum atomic E-state index is -4.76. The van der Waals surface area contributed by atoms with Gasteiger partial charge in [0.2, 0.25) is 0 Å². The number of ketones is 1. The maximum absolute atomic E-state index is 13.3. The van der Waals surface area contributed by atoms with Crippen LogP contribution >= 0.6 is 0 Å². The van der Waals surface area contributed by atoms with Crippen LogP contribution in [0, 0.1) is 0 Å². The van der Waals surface area contributed by atoms with E-state index < -0.39 is 30.5 Å². The molecule has 0 aromatic carbocycles. The largest absolute Gasteiger partial charge is 0.494 e. The Balaban J connectivity index is 1.90. The van der Waals surface area contributed by atoms with Crippen LogP contribution in [-0.2, 0) is 11.3 Å². The standard InChI is InChI=1S/C22H25F3N6O4/c1-5-30(21(33)29-18(8-13(2)32)22(23,24)25)11-14-9-15(17(34-3)10-27-14)16-12-31-7-6-26-19(31)20(28-16)35-4/h6-7,9-10,12,18H,5,8,11H2,1-4H3,(H,29,33). The number of nitrogens with one attached hydrogen (secondary N) is 1. The summed E-state index contributed by atoms with van der Waals surface area (Å²) in [7, 11) is 2.93. The molecule has 0 aliphatic carbocycles. The van der Waals surface area contributed by atoms with Crippen molar-refractivity contribution in [2.24, 2.45) is 0 Å². The predicted molar refractivity (Wildman–Crippen MR) is 119 cm³/mol. The highest BCUT2D eigenvalue weighted by molar-refractivity contribution is 5.79. The Morgan fingerprint density at radius 1 is 1.23 bits per heavy atom. The molecule has 1 unspecified atom stereocenters. The van der Waals surface area contributed by atoms with Crippen LogP contribution in [-0.4, -0.2) is 69.0 Å². The van der Waals surface area contributed by atoms with Gasteiger partial charge in [-0.15, -0.1) is 0 Å². The highest BCUT2D eigenvalue weighted by Gasteiger charge is 2.41. The van der Waals surface area contributed by atoms with Gasteiger partial charge in [0.1, 0.15) is 17.6 Å². The molecule has 0 saturated carbocycles. The molecule has 188 valence electrons. The molecule has 0 aliphatic rings. The Labute approximate surface area is 199 Å². The summed E-state index contributed by atoms with van der Waals surface area (Å²) in [6.45, 7) is 2.67. The lowest BCUT2D eigenvalue weighted by molar-refractivity contribution is -0.158. The number of rotatable bonds is 9. The van der Waals surface area contributed by atoms with E-state index >= 15 is 0 Å². The fraction of sp³-hybridized carbons (Fsp3) is 0.409. The summed E-state index contributed by atoms with van der Waals surface area (Å²) < 4.78 is 52.3. The Hall–Kier alpha value is -3.90. The number of pyridine rings is 1. The molecule has 35 heavy (non-hydrogen) atoms. The van der Waals surface area contributed by atoms with Gasteiger partial charge in [0, 0.05) is 37.1 Å². The number of carbonyl (C=O) groups is 2. The molecule has 0 bridgehead atoms. The van der Waals surface area contributed by atoms with Gasteiger partial charge in [0.15, 0.2) is 5.65 Å². The van der Waals surface area contributed by atoms with Crippen LogP contribution in [0.15, 0.2) is 30.9 Å². The first-order chi connectivity index (χ1) is 16.6. The van der Waals surface area contributed by atoms with Crippen molar-refractivity contribution in [1.82, 2.24) is 29.6 Å². The van der Waals surface area contributed by atoms with E-state index in [9.17, 15) is 22.8 Å². The lowest BCUT2D eigenvalue weighted by atomic mass is 10.1. The highest BCUT2D eigenvalue weighted by Crippen LogP contribution is 2.31. The maximum Gasteiger partial charge on any atom is 0.409 e. The normalized spacial score (nSPS) is 12.3. The summed E-state index contributed by atoms with van der Waals surface area (Å²) in [5, 5.41) is 1.91. The third kappa shape index (κ3) is 5.97. The summed E-state index contributed by atoms with van der Waals surface area (Å²) in [6, 6.07) is -1.61. The van der Waals surface area contributed by atoms with Crippen LogP contribution in [0.3, 0.4) is 0 Å². The molecule has 3 aromatic rings. The molecule has 0 spiro atoms. The van der Waals surface area contributed by atoms with Gasteiger partial charge in [-0.2, -0.15) is 13.2 Å². The molecule has 0 radical (unpaired) electrons. The SMILES string of the molecule is CCN(Cc1cc(-c2cn3ccnc3c(OC)n2)c(OC)cn1)C(=O)NC(CC(C)=O)C(F)(F)F. The zero-order valence-electron chi connectivity index (χ0n) is 19.6. The number of halogens is 3. The predicted octanol–water partition coefficient (Wildman–Crippen LogP) is 3.25. The van der Waals surface area contributed by atoms with E-state index in [0.29, 0.717) is 28.3 Å². The number of imidazole rings is 1. The molecule has 1 atom stereocenters. The zero-order valence-corrected chi connectivity index (χ0v) is 19.6. The van der Waals surface area contributed by atoms with Gasteiger partial charge in [-0.25, -0.2) is 14.8 Å². The molecule has 0 saturated heterocycles. The molecule has 1 N–H and O–H groups in total. The molecule has 0 fully saturated rings. The summed E-state index contributed by atoms with van der Waals surface area (Å²) in [5.74, 6) is -0.00470. The number of amides is 2. The van der Waals surface area contributed by atoms with Gasteiger partial charge < -0.3 is 24.1 Å². The molecule has 10 nitrogen and oxygen atoms in total. The second-order valence-corrected chi connectivity index (χ2v) is 7.63. The summed E-state index contributed by atoms with van der Waals surface area (Å²) in [4.78, 5) is 38.0. The number of fused-ring (bicyclic) bond motifs is 1. The third-order valence-electron chi connectivity index (χ3n) is 5.16. The first kappa shape index (κ1) is 25.7. The first-order valence-electron chi connectivity index (χ1n) is 10.6. The zero-order chi connectivity index (χ0) is 25.8. The van der Waals surface area contributed by atoms with Gasteiger partial charge in [-0.05, 0) is 19.9 Å². The molecule has 3 heterocycles. The minimum Gasteiger partial charge on any atom is -0.494 e. The number of methoxy groups -OCH3 is 2. The van der Waals surface area contributed by atoms with E-state index in [1.54, 1.807) is 36.0 Å². The number of alkyl halides is 3. The average molecular weight is 494 g/mol. The number of urea groups is 1. The maximum atomic E-state index is 13.3. The molecule has 3 aromatic heterocycles. The number of hydrogen-bond donors (Lipinski definition) is 1. The highest BCUT2D eigenvalue weighted by atomic mass is 19.4. The van der Waals surface area contributed by atoms with Gasteiger partial charge in [0.05, 0.1) is 38.3 Å². The van der Waals surface area contributed by atoms with E-state index in [1.165, 1.54) is 20.4 Å². The van der Waals surface area contributed by atoms with Crippen molar-refractivity contribution in [3.8, 4) is 22.9 Å². The van der Waals surface area contributed by atoms with Crippen LogP contribution < -0.4 is 14.8 Å². The van der Waals surface area contributed by atoms with E-state index in [1.807, 2.05) is 5.32 Å². The van der Waals surface area contributed by atoms with Crippen molar-refractivity contribution in [2.75, 3.05) is 20.8 Å². The van der Waals surface area contributed by atoms with Gasteiger partial charge in [-0.3, -0.25) is 9.78 Å². The fourth-order valence-corrected chi connectivity index (χ4v) is 3.40. The summed E-state index contributed by atoms with van der Waals surface area (Å²) >= 11 is 0. The van der Waals surface area contributed by atoms with Crippen LogP contribution in [0.5, 0.6) is 11.6 Å². The van der Waals surface area contributed by atoms with Crippen LogP contribution in [0.1, 0.15) is 26.0 Å². The van der Waals surface area contributed by atoms with Crippen molar-refractivity contribution < 1.29 is 32.2 Å². The van der Waals surface area contributed by atoms with Gasteiger partial charge in [0.25, 0.3) is 5.88 Å². The average Bonchev–Trinajstić information content (AvgIpc) is 3.29. The number of Topliss-reactive ketones (excluding diaryl/α,β-unsaturated/α-hetero) is 1. The molecule has 2 amide bonds. The molecular formula is C22H25F3N6O4. The van der Waals surface area contributed by atoms with E-state index in [-0.39, 0.29) is 19.0 Å². The number of carbonyl (C=O) groups excluding carboxylic acids is 2. The Bertz CT molecular complexity index is 1210. The fourth-order valence-electron chi connectivity index (χ4n) is 3.40. The van der Waals surface area contributed by atoms with E-state index in [4.69, 9.17) is 9.47 Å². The number of ether oxygens (including phenoxy) is 2. The van der Waals surface area contributed by atoms with E-state index in [2.05, 4.69) is 15.0 Å². The Kier molecular flexibility index (Phi) is 7.77. The van der Waals surface area contributed by atoms with Gasteiger partial charge >= 0.3 is 12.2 Å². The molecule has 3 rings (SSSR count). The first-order valence-corrected chi connectivity index (χ1v) is 10.6. The lowest BCUT2D eigenvalue weighted by Crippen LogP contribution is -2.51. The van der Waals surface area contributed by atoms with Crippen molar-refractivity contribution in [2.45, 2.75) is 39.0 Å². The number of nitrogens with zero attached hydrogens (tertiary/aromatic N) is 5.